The Morgan fingerprint density at radius 2 is 1.83 bits per heavy atom. The minimum absolute atomic E-state index is 0.0854. The van der Waals surface area contributed by atoms with Gasteiger partial charge in [-0.25, -0.2) is 5.43 Å². The minimum Gasteiger partial charge on any atom is -0.463 e. The number of hydrogen-bond donors (Lipinski definition) is 2. The molecule has 23 heavy (non-hydrogen) atoms. The van der Waals surface area contributed by atoms with Crippen LogP contribution in [0.4, 0.5) is 5.69 Å². The molecule has 2 aromatic rings. The largest absolute Gasteiger partial charge is 0.463 e. The van der Waals surface area contributed by atoms with Crippen molar-refractivity contribution in [1.29, 1.82) is 0 Å². The summed E-state index contributed by atoms with van der Waals surface area (Å²) >= 11 is 0. The van der Waals surface area contributed by atoms with Crippen LogP contribution in [0.2, 0.25) is 0 Å². The molecule has 2 rings (SSSR count). The van der Waals surface area contributed by atoms with Gasteiger partial charge in [-0.1, -0.05) is 20.8 Å². The number of amides is 2. The van der Waals surface area contributed by atoms with Crippen molar-refractivity contribution in [3.63, 3.8) is 0 Å². The third-order valence-corrected chi connectivity index (χ3v) is 2.99. The number of nitrogens with one attached hydrogen (secondary N) is 2. The maximum absolute atomic E-state index is 11.9. The van der Waals surface area contributed by atoms with E-state index in [1.807, 2.05) is 20.8 Å². The predicted molar refractivity (Wildman–Crippen MR) is 88.3 cm³/mol. The van der Waals surface area contributed by atoms with Crippen molar-refractivity contribution < 1.29 is 14.0 Å². The van der Waals surface area contributed by atoms with Crippen LogP contribution in [0.5, 0.6) is 0 Å². The number of nitrogens with zero attached hydrogens (tertiary/aromatic N) is 1. The lowest BCUT2D eigenvalue weighted by molar-refractivity contribution is -0.123. The molecule has 0 spiro atoms. The Bertz CT molecular complexity index is 696. The van der Waals surface area contributed by atoms with Crippen LogP contribution in [0.15, 0.2) is 52.2 Å². The van der Waals surface area contributed by atoms with Gasteiger partial charge in [0.25, 0.3) is 5.91 Å². The summed E-state index contributed by atoms with van der Waals surface area (Å²) in [4.78, 5) is 23.8. The molecule has 1 heterocycles. The summed E-state index contributed by atoms with van der Waals surface area (Å²) in [5.41, 5.74) is 3.01. The van der Waals surface area contributed by atoms with E-state index in [0.29, 0.717) is 17.0 Å². The molecule has 2 amide bonds. The van der Waals surface area contributed by atoms with E-state index < -0.39 is 5.41 Å². The molecule has 6 heteroatoms. The molecule has 1 aromatic heterocycles. The first-order valence-corrected chi connectivity index (χ1v) is 7.15. The zero-order chi connectivity index (χ0) is 16.9. The Morgan fingerprint density at radius 3 is 2.39 bits per heavy atom. The van der Waals surface area contributed by atoms with Gasteiger partial charge >= 0.3 is 0 Å². The fourth-order valence-corrected chi connectivity index (χ4v) is 1.61. The summed E-state index contributed by atoms with van der Waals surface area (Å²) in [6.07, 6.45) is 2.93. The van der Waals surface area contributed by atoms with Crippen molar-refractivity contribution in [3.05, 3.63) is 54.0 Å². The monoisotopic (exact) mass is 313 g/mol. The van der Waals surface area contributed by atoms with Gasteiger partial charge in [-0.2, -0.15) is 5.10 Å². The fraction of sp³-hybridized carbons (Fsp3) is 0.235. The molecule has 0 atom stereocenters. The first-order valence-electron chi connectivity index (χ1n) is 7.15. The molecule has 0 aliphatic heterocycles. The van der Waals surface area contributed by atoms with Gasteiger partial charge in [-0.15, -0.1) is 0 Å². The van der Waals surface area contributed by atoms with E-state index in [1.54, 1.807) is 36.4 Å². The number of hydrazone groups is 1. The number of furan rings is 1. The first kappa shape index (κ1) is 16.5. The molecule has 0 unspecified atom stereocenters. The molecule has 0 saturated carbocycles. The topological polar surface area (TPSA) is 83.7 Å². The van der Waals surface area contributed by atoms with E-state index in [0.717, 1.165) is 0 Å². The average molecular weight is 313 g/mol. The SMILES string of the molecule is CC(C)(C)C(=O)Nc1ccc(C(=O)N/N=C\c2ccco2)cc1. The number of anilines is 1. The number of hydrogen-bond acceptors (Lipinski definition) is 4. The zero-order valence-electron chi connectivity index (χ0n) is 13.3. The Hall–Kier alpha value is -2.89. The third kappa shape index (κ3) is 4.81. The molecule has 2 N–H and O–H groups in total. The van der Waals surface area contributed by atoms with Crippen LogP contribution in [0.3, 0.4) is 0 Å². The van der Waals surface area contributed by atoms with Crippen LogP contribution in [0.25, 0.3) is 0 Å². The molecular formula is C17H19N3O3. The second-order valence-electron chi connectivity index (χ2n) is 6.00. The molecule has 6 nitrogen and oxygen atoms in total. The smallest absolute Gasteiger partial charge is 0.271 e. The van der Waals surface area contributed by atoms with Crippen LogP contribution in [0, 0.1) is 5.41 Å². The number of benzene rings is 1. The molecular weight excluding hydrogens is 294 g/mol. The van der Waals surface area contributed by atoms with Crippen molar-refractivity contribution >= 4 is 23.7 Å². The number of carbonyl (C=O) groups excluding carboxylic acids is 2. The Labute approximate surface area is 134 Å². The van der Waals surface area contributed by atoms with Crippen molar-refractivity contribution in [3.8, 4) is 0 Å². The highest BCUT2D eigenvalue weighted by Crippen LogP contribution is 2.17. The van der Waals surface area contributed by atoms with Gasteiger partial charge in [0.1, 0.15) is 5.76 Å². The summed E-state index contributed by atoms with van der Waals surface area (Å²) < 4.78 is 5.06. The van der Waals surface area contributed by atoms with Crippen molar-refractivity contribution in [2.24, 2.45) is 10.5 Å². The quantitative estimate of drug-likeness (QED) is 0.672. The lowest BCUT2D eigenvalue weighted by Gasteiger charge is -2.17. The maximum Gasteiger partial charge on any atom is 0.271 e. The minimum atomic E-state index is -0.476. The maximum atomic E-state index is 11.9. The standard InChI is InChI=1S/C17H19N3O3/c1-17(2,3)16(22)19-13-8-6-12(7-9-13)15(21)20-18-11-14-5-4-10-23-14/h4-11H,1-3H3,(H,19,22)(H,20,21)/b18-11-. The molecule has 0 bridgehead atoms. The van der Waals surface area contributed by atoms with Crippen LogP contribution in [-0.4, -0.2) is 18.0 Å². The summed E-state index contributed by atoms with van der Waals surface area (Å²) in [5, 5.41) is 6.60. The van der Waals surface area contributed by atoms with Gasteiger partial charge < -0.3 is 9.73 Å². The molecule has 0 radical (unpaired) electrons. The highest BCUT2D eigenvalue weighted by Gasteiger charge is 2.21. The van der Waals surface area contributed by atoms with Crippen LogP contribution >= 0.6 is 0 Å². The van der Waals surface area contributed by atoms with E-state index in [2.05, 4.69) is 15.8 Å². The highest BCUT2D eigenvalue weighted by atomic mass is 16.3. The Morgan fingerprint density at radius 1 is 1.13 bits per heavy atom. The second-order valence-corrected chi connectivity index (χ2v) is 6.00. The average Bonchev–Trinajstić information content (AvgIpc) is 3.00. The van der Waals surface area contributed by atoms with E-state index in [4.69, 9.17) is 4.42 Å². The van der Waals surface area contributed by atoms with E-state index in [9.17, 15) is 9.59 Å². The third-order valence-electron chi connectivity index (χ3n) is 2.99. The molecule has 1 aromatic carbocycles. The summed E-state index contributed by atoms with van der Waals surface area (Å²) in [6, 6.07) is 10.0. The summed E-state index contributed by atoms with van der Waals surface area (Å²) in [5.74, 6) is 0.116. The lowest BCUT2D eigenvalue weighted by atomic mass is 9.95. The number of rotatable bonds is 4. The summed E-state index contributed by atoms with van der Waals surface area (Å²) in [7, 11) is 0. The molecule has 120 valence electrons. The molecule has 0 aliphatic rings. The van der Waals surface area contributed by atoms with E-state index >= 15 is 0 Å². The fourth-order valence-electron chi connectivity index (χ4n) is 1.61. The Kier molecular flexibility index (Phi) is 4.95. The molecule has 0 aliphatic carbocycles. The van der Waals surface area contributed by atoms with Gasteiger partial charge in [0, 0.05) is 16.7 Å². The first-order chi connectivity index (χ1) is 10.9. The van der Waals surface area contributed by atoms with Gasteiger partial charge in [-0.05, 0) is 36.4 Å². The second kappa shape index (κ2) is 6.91. The van der Waals surface area contributed by atoms with Gasteiger partial charge in [0.2, 0.25) is 5.91 Å². The zero-order valence-corrected chi connectivity index (χ0v) is 13.3. The van der Waals surface area contributed by atoms with Crippen molar-refractivity contribution in [1.82, 2.24) is 5.43 Å². The predicted octanol–water partition coefficient (Wildman–Crippen LogP) is 3.03. The van der Waals surface area contributed by atoms with Crippen LogP contribution < -0.4 is 10.7 Å². The van der Waals surface area contributed by atoms with E-state index in [1.165, 1.54) is 12.5 Å². The normalized spacial score (nSPS) is 11.4. The highest BCUT2D eigenvalue weighted by molar-refractivity contribution is 5.97. The van der Waals surface area contributed by atoms with E-state index in [-0.39, 0.29) is 11.8 Å². The van der Waals surface area contributed by atoms with Crippen molar-refractivity contribution in [2.75, 3.05) is 5.32 Å². The summed E-state index contributed by atoms with van der Waals surface area (Å²) in [6.45, 7) is 5.50. The lowest BCUT2D eigenvalue weighted by Crippen LogP contribution is -2.27. The Balaban J connectivity index is 1.93. The van der Waals surface area contributed by atoms with Crippen LogP contribution in [0.1, 0.15) is 36.9 Å². The number of carbonyl (C=O) groups is 2. The van der Waals surface area contributed by atoms with Crippen LogP contribution in [-0.2, 0) is 4.79 Å². The van der Waals surface area contributed by atoms with Gasteiger partial charge in [0.05, 0.1) is 12.5 Å². The van der Waals surface area contributed by atoms with Gasteiger partial charge in [-0.3, -0.25) is 9.59 Å². The van der Waals surface area contributed by atoms with Crippen molar-refractivity contribution in [2.45, 2.75) is 20.8 Å². The van der Waals surface area contributed by atoms with Gasteiger partial charge in [0.15, 0.2) is 0 Å². The molecule has 0 saturated heterocycles. The molecule has 0 fully saturated rings.